The lowest BCUT2D eigenvalue weighted by atomic mass is 10.1. The van der Waals surface area contributed by atoms with E-state index in [4.69, 9.17) is 4.74 Å². The summed E-state index contributed by atoms with van der Waals surface area (Å²) in [5.41, 5.74) is 0.576. The van der Waals surface area contributed by atoms with Gasteiger partial charge in [-0.05, 0) is 26.1 Å². The number of hydrogen-bond donors (Lipinski definition) is 1. The van der Waals surface area contributed by atoms with E-state index in [-0.39, 0.29) is 11.9 Å². The summed E-state index contributed by atoms with van der Waals surface area (Å²) in [5, 5.41) is 2.98. The summed E-state index contributed by atoms with van der Waals surface area (Å²) < 4.78 is 18.4. The van der Waals surface area contributed by atoms with Gasteiger partial charge in [0.2, 0.25) is 0 Å². The van der Waals surface area contributed by atoms with Crippen LogP contribution >= 0.6 is 0 Å². The van der Waals surface area contributed by atoms with E-state index in [2.05, 4.69) is 5.32 Å². The maximum Gasteiger partial charge on any atom is 0.131 e. The average molecular weight is 183 g/mol. The van der Waals surface area contributed by atoms with Crippen LogP contribution in [0.5, 0.6) is 5.75 Å². The minimum Gasteiger partial charge on any atom is -0.496 e. The van der Waals surface area contributed by atoms with Gasteiger partial charge in [0.25, 0.3) is 0 Å². The molecule has 1 atom stereocenters. The third-order valence-corrected chi connectivity index (χ3v) is 2.10. The summed E-state index contributed by atoms with van der Waals surface area (Å²) in [7, 11) is 3.33. The first-order valence-corrected chi connectivity index (χ1v) is 4.20. The van der Waals surface area contributed by atoms with Crippen molar-refractivity contribution >= 4 is 0 Å². The van der Waals surface area contributed by atoms with Crippen molar-refractivity contribution in [1.29, 1.82) is 0 Å². The fourth-order valence-electron chi connectivity index (χ4n) is 1.26. The van der Waals surface area contributed by atoms with Crippen molar-refractivity contribution in [3.8, 4) is 5.75 Å². The van der Waals surface area contributed by atoms with Crippen LogP contribution < -0.4 is 10.1 Å². The molecule has 0 bridgehead atoms. The zero-order valence-corrected chi connectivity index (χ0v) is 8.10. The molecule has 1 N–H and O–H groups in total. The number of halogens is 1. The molecule has 0 aliphatic rings. The number of methoxy groups -OCH3 is 1. The maximum atomic E-state index is 13.4. The molecule has 0 unspecified atom stereocenters. The molecule has 0 heterocycles. The lowest BCUT2D eigenvalue weighted by Crippen LogP contribution is -2.14. The van der Waals surface area contributed by atoms with Crippen LogP contribution in [0.4, 0.5) is 4.39 Å². The van der Waals surface area contributed by atoms with E-state index in [0.29, 0.717) is 11.3 Å². The molecule has 0 aromatic heterocycles. The van der Waals surface area contributed by atoms with Crippen LogP contribution in [-0.4, -0.2) is 14.2 Å². The monoisotopic (exact) mass is 183 g/mol. The summed E-state index contributed by atoms with van der Waals surface area (Å²) in [6, 6.07) is 4.79. The Balaban J connectivity index is 3.14. The maximum absolute atomic E-state index is 13.4. The number of hydrogen-bond acceptors (Lipinski definition) is 2. The Kier molecular flexibility index (Phi) is 3.25. The van der Waals surface area contributed by atoms with E-state index in [1.807, 2.05) is 6.92 Å². The highest BCUT2D eigenvalue weighted by atomic mass is 19.1. The normalized spacial score (nSPS) is 12.6. The molecule has 0 radical (unpaired) electrons. The molecule has 72 valence electrons. The SMILES string of the molecule is CN[C@H](C)c1c(F)cccc1OC. The smallest absolute Gasteiger partial charge is 0.131 e. The highest BCUT2D eigenvalue weighted by molar-refractivity contribution is 5.36. The molecule has 13 heavy (non-hydrogen) atoms. The average Bonchev–Trinajstić information content (AvgIpc) is 2.16. The van der Waals surface area contributed by atoms with Crippen LogP contribution in [-0.2, 0) is 0 Å². The van der Waals surface area contributed by atoms with Crippen molar-refractivity contribution in [2.24, 2.45) is 0 Å². The molecule has 0 amide bonds. The fourth-order valence-corrected chi connectivity index (χ4v) is 1.26. The van der Waals surface area contributed by atoms with Gasteiger partial charge in [-0.25, -0.2) is 4.39 Å². The summed E-state index contributed by atoms with van der Waals surface area (Å²) in [6.07, 6.45) is 0. The largest absolute Gasteiger partial charge is 0.496 e. The molecule has 0 fully saturated rings. The van der Waals surface area contributed by atoms with E-state index in [9.17, 15) is 4.39 Å². The molecule has 0 aliphatic heterocycles. The van der Waals surface area contributed by atoms with Crippen LogP contribution in [0.2, 0.25) is 0 Å². The molecular formula is C10H14FNO. The summed E-state index contributed by atoms with van der Waals surface area (Å²) in [4.78, 5) is 0. The predicted molar refractivity (Wildman–Crippen MR) is 50.4 cm³/mol. The van der Waals surface area contributed by atoms with Gasteiger partial charge in [-0.3, -0.25) is 0 Å². The van der Waals surface area contributed by atoms with Gasteiger partial charge in [0.05, 0.1) is 7.11 Å². The number of benzene rings is 1. The van der Waals surface area contributed by atoms with Crippen molar-refractivity contribution in [2.45, 2.75) is 13.0 Å². The molecule has 0 saturated carbocycles. The summed E-state index contributed by atoms with van der Waals surface area (Å²) in [6.45, 7) is 1.89. The molecule has 2 nitrogen and oxygen atoms in total. The molecule has 0 spiro atoms. The van der Waals surface area contributed by atoms with E-state index in [1.54, 1.807) is 26.3 Å². The first-order valence-electron chi connectivity index (χ1n) is 4.20. The lowest BCUT2D eigenvalue weighted by molar-refractivity contribution is 0.396. The van der Waals surface area contributed by atoms with Crippen LogP contribution in [0.15, 0.2) is 18.2 Å². The highest BCUT2D eigenvalue weighted by Crippen LogP contribution is 2.26. The van der Waals surface area contributed by atoms with Crippen LogP contribution in [0.3, 0.4) is 0 Å². The van der Waals surface area contributed by atoms with Crippen LogP contribution in [0.25, 0.3) is 0 Å². The predicted octanol–water partition coefficient (Wildman–Crippen LogP) is 2.11. The molecule has 3 heteroatoms. The first-order chi connectivity index (χ1) is 6.20. The van der Waals surface area contributed by atoms with Gasteiger partial charge in [-0.1, -0.05) is 6.07 Å². The number of rotatable bonds is 3. The molecule has 1 aromatic rings. The topological polar surface area (TPSA) is 21.3 Å². The second-order valence-electron chi connectivity index (χ2n) is 2.87. The lowest BCUT2D eigenvalue weighted by Gasteiger charge is -2.15. The third-order valence-electron chi connectivity index (χ3n) is 2.10. The number of ether oxygens (including phenoxy) is 1. The fraction of sp³-hybridized carbons (Fsp3) is 0.400. The minimum atomic E-state index is -0.235. The molecular weight excluding hydrogens is 169 g/mol. The first kappa shape index (κ1) is 9.99. The Morgan fingerprint density at radius 3 is 2.69 bits per heavy atom. The number of nitrogens with one attached hydrogen (secondary N) is 1. The van der Waals surface area contributed by atoms with E-state index in [1.165, 1.54) is 6.07 Å². The van der Waals surface area contributed by atoms with Gasteiger partial charge in [-0.2, -0.15) is 0 Å². The van der Waals surface area contributed by atoms with Gasteiger partial charge in [0, 0.05) is 11.6 Å². The zero-order chi connectivity index (χ0) is 9.84. The van der Waals surface area contributed by atoms with Gasteiger partial charge < -0.3 is 10.1 Å². The van der Waals surface area contributed by atoms with Crippen LogP contribution in [0.1, 0.15) is 18.5 Å². The van der Waals surface area contributed by atoms with Crippen molar-refractivity contribution in [3.05, 3.63) is 29.6 Å². The van der Waals surface area contributed by atoms with E-state index < -0.39 is 0 Å². The molecule has 1 aromatic carbocycles. The quantitative estimate of drug-likeness (QED) is 0.775. The van der Waals surface area contributed by atoms with Gasteiger partial charge >= 0.3 is 0 Å². The Labute approximate surface area is 77.7 Å². The second-order valence-corrected chi connectivity index (χ2v) is 2.87. The summed E-state index contributed by atoms with van der Waals surface area (Å²) >= 11 is 0. The Hall–Kier alpha value is -1.09. The molecule has 0 saturated heterocycles. The zero-order valence-electron chi connectivity index (χ0n) is 8.10. The van der Waals surface area contributed by atoms with Crippen molar-refractivity contribution < 1.29 is 9.13 Å². The van der Waals surface area contributed by atoms with Gasteiger partial charge in [0.15, 0.2) is 0 Å². The Morgan fingerprint density at radius 1 is 1.46 bits per heavy atom. The van der Waals surface area contributed by atoms with E-state index in [0.717, 1.165) is 0 Å². The van der Waals surface area contributed by atoms with Gasteiger partial charge in [-0.15, -0.1) is 0 Å². The van der Waals surface area contributed by atoms with Crippen molar-refractivity contribution in [1.82, 2.24) is 5.32 Å². The third kappa shape index (κ3) is 1.98. The standard InChI is InChI=1S/C10H14FNO/c1-7(12-2)10-8(11)5-4-6-9(10)13-3/h4-7,12H,1-3H3/t7-/m1/s1. The van der Waals surface area contributed by atoms with Gasteiger partial charge in [0.1, 0.15) is 11.6 Å². The van der Waals surface area contributed by atoms with Crippen molar-refractivity contribution in [2.75, 3.05) is 14.2 Å². The Morgan fingerprint density at radius 2 is 2.15 bits per heavy atom. The Bertz CT molecular complexity index is 288. The minimum absolute atomic E-state index is 0.0452. The van der Waals surface area contributed by atoms with Crippen LogP contribution in [0, 0.1) is 5.82 Å². The van der Waals surface area contributed by atoms with E-state index >= 15 is 0 Å². The second kappa shape index (κ2) is 4.23. The van der Waals surface area contributed by atoms with Crippen molar-refractivity contribution in [3.63, 3.8) is 0 Å². The molecule has 1 rings (SSSR count). The summed E-state index contributed by atoms with van der Waals surface area (Å²) in [5.74, 6) is 0.350. The molecule has 0 aliphatic carbocycles. The highest BCUT2D eigenvalue weighted by Gasteiger charge is 2.13.